The summed E-state index contributed by atoms with van der Waals surface area (Å²) in [6.45, 7) is 7.96. The van der Waals surface area contributed by atoms with Gasteiger partial charge in [-0.15, -0.1) is 0 Å². The van der Waals surface area contributed by atoms with E-state index in [2.05, 4.69) is 24.5 Å². The maximum atomic E-state index is 12.2. The van der Waals surface area contributed by atoms with Crippen LogP contribution in [0.2, 0.25) is 0 Å². The lowest BCUT2D eigenvalue weighted by Crippen LogP contribution is -2.35. The first-order chi connectivity index (χ1) is 11.7. The van der Waals surface area contributed by atoms with E-state index in [-0.39, 0.29) is 11.5 Å². The van der Waals surface area contributed by atoms with Gasteiger partial charge < -0.3 is 15.7 Å². The summed E-state index contributed by atoms with van der Waals surface area (Å²) in [6, 6.07) is 8.32. The number of nitriles is 1. The molecule has 6 heteroatoms. The quantitative estimate of drug-likeness (QED) is 0.497. The van der Waals surface area contributed by atoms with Crippen molar-refractivity contribution in [3.05, 3.63) is 41.6 Å². The van der Waals surface area contributed by atoms with Crippen LogP contribution in [0.25, 0.3) is 0 Å². The number of nitrogens with one attached hydrogen (secondary N) is 2. The van der Waals surface area contributed by atoms with Crippen LogP contribution in [0.4, 0.5) is 5.69 Å². The van der Waals surface area contributed by atoms with Gasteiger partial charge in [0, 0.05) is 11.9 Å². The molecular formula is C19H25N3O3. The lowest BCUT2D eigenvalue weighted by atomic mass is 10.0. The lowest BCUT2D eigenvalue weighted by molar-refractivity contribution is -0.139. The smallest absolute Gasteiger partial charge is 0.326 e. The molecule has 1 amide bonds. The molecule has 1 rings (SSSR count). The number of carboxylic acid groups (broad SMARTS) is 1. The maximum Gasteiger partial charge on any atom is 0.326 e. The molecule has 0 aromatic heterocycles. The Hall–Kier alpha value is -2.81. The molecule has 0 radical (unpaired) electrons. The Labute approximate surface area is 148 Å². The highest BCUT2D eigenvalue weighted by molar-refractivity contribution is 6.06. The zero-order valence-electron chi connectivity index (χ0n) is 15.0. The Kier molecular flexibility index (Phi) is 7.67. The summed E-state index contributed by atoms with van der Waals surface area (Å²) in [4.78, 5) is 23.4. The molecule has 0 bridgehead atoms. The van der Waals surface area contributed by atoms with Crippen molar-refractivity contribution in [1.82, 2.24) is 5.32 Å². The minimum Gasteiger partial charge on any atom is -0.480 e. The van der Waals surface area contributed by atoms with Crippen molar-refractivity contribution in [3.8, 4) is 6.07 Å². The third-order valence-electron chi connectivity index (χ3n) is 3.63. The van der Waals surface area contributed by atoms with E-state index in [0.717, 1.165) is 5.56 Å². The molecule has 0 saturated carbocycles. The van der Waals surface area contributed by atoms with Crippen molar-refractivity contribution in [3.63, 3.8) is 0 Å². The molecule has 1 unspecified atom stereocenters. The zero-order valence-corrected chi connectivity index (χ0v) is 15.0. The first-order valence-electron chi connectivity index (χ1n) is 8.25. The fraction of sp³-hybridized carbons (Fsp3) is 0.421. The van der Waals surface area contributed by atoms with Crippen molar-refractivity contribution < 1.29 is 14.7 Å². The van der Waals surface area contributed by atoms with Crippen LogP contribution >= 0.6 is 0 Å². The summed E-state index contributed by atoms with van der Waals surface area (Å²) in [5.74, 6) is -1.05. The van der Waals surface area contributed by atoms with E-state index in [1.165, 1.54) is 6.20 Å². The van der Waals surface area contributed by atoms with Crippen LogP contribution in [0.3, 0.4) is 0 Å². The fourth-order valence-electron chi connectivity index (χ4n) is 2.19. The molecule has 134 valence electrons. The van der Waals surface area contributed by atoms with E-state index >= 15 is 0 Å². The predicted molar refractivity (Wildman–Crippen MR) is 96.9 cm³/mol. The first kappa shape index (κ1) is 20.2. The summed E-state index contributed by atoms with van der Waals surface area (Å²) in [7, 11) is 0. The van der Waals surface area contributed by atoms with Crippen LogP contribution in [-0.4, -0.2) is 23.0 Å². The Morgan fingerprint density at radius 3 is 2.24 bits per heavy atom. The maximum absolute atomic E-state index is 12.2. The number of benzene rings is 1. The second-order valence-corrected chi connectivity index (χ2v) is 6.59. The van der Waals surface area contributed by atoms with Crippen molar-refractivity contribution in [2.24, 2.45) is 5.92 Å². The number of anilines is 1. The minimum absolute atomic E-state index is 0.167. The highest BCUT2D eigenvalue weighted by atomic mass is 16.4. The van der Waals surface area contributed by atoms with Gasteiger partial charge in [-0.1, -0.05) is 39.8 Å². The number of aliphatic carboxylic acids is 1. The van der Waals surface area contributed by atoms with E-state index in [9.17, 15) is 14.7 Å². The molecule has 0 aliphatic carbocycles. The number of carboxylic acids is 1. The average Bonchev–Trinajstić information content (AvgIpc) is 2.54. The SMILES string of the molecule is CC(C)CC(N/C=C(/C#N)C(=O)Nc1ccc(C(C)C)cc1)C(=O)O. The highest BCUT2D eigenvalue weighted by Gasteiger charge is 2.18. The largest absolute Gasteiger partial charge is 0.480 e. The van der Waals surface area contributed by atoms with E-state index in [4.69, 9.17) is 5.26 Å². The first-order valence-corrected chi connectivity index (χ1v) is 8.25. The Balaban J connectivity index is 2.79. The molecular weight excluding hydrogens is 318 g/mol. The lowest BCUT2D eigenvalue weighted by Gasteiger charge is -2.15. The summed E-state index contributed by atoms with van der Waals surface area (Å²) >= 11 is 0. The van der Waals surface area contributed by atoms with Crippen molar-refractivity contribution in [2.75, 3.05) is 5.32 Å². The zero-order chi connectivity index (χ0) is 19.0. The number of hydrogen-bond acceptors (Lipinski definition) is 4. The monoisotopic (exact) mass is 343 g/mol. The van der Waals surface area contributed by atoms with Crippen molar-refractivity contribution >= 4 is 17.6 Å². The van der Waals surface area contributed by atoms with Gasteiger partial charge in [-0.2, -0.15) is 5.26 Å². The van der Waals surface area contributed by atoms with Crippen LogP contribution in [0.1, 0.15) is 45.6 Å². The number of carbonyl (C=O) groups is 2. The molecule has 0 aliphatic rings. The van der Waals surface area contributed by atoms with Crippen LogP contribution in [0.15, 0.2) is 36.0 Å². The second kappa shape index (κ2) is 9.48. The normalized spacial score (nSPS) is 12.6. The van der Waals surface area contributed by atoms with Crippen LogP contribution in [-0.2, 0) is 9.59 Å². The fourth-order valence-corrected chi connectivity index (χ4v) is 2.19. The molecule has 1 atom stereocenters. The van der Waals surface area contributed by atoms with Gasteiger partial charge >= 0.3 is 5.97 Å². The number of rotatable bonds is 8. The van der Waals surface area contributed by atoms with Crippen LogP contribution in [0.5, 0.6) is 0 Å². The minimum atomic E-state index is -1.02. The third kappa shape index (κ3) is 6.68. The molecule has 1 aromatic carbocycles. The second-order valence-electron chi connectivity index (χ2n) is 6.59. The van der Waals surface area contributed by atoms with Gasteiger partial charge in [0.2, 0.25) is 0 Å². The summed E-state index contributed by atoms with van der Waals surface area (Å²) in [6.07, 6.45) is 1.56. The standard InChI is InChI=1S/C19H25N3O3/c1-12(2)9-17(19(24)25)21-11-15(10-20)18(23)22-16-7-5-14(6-8-16)13(3)4/h5-8,11-13,17,21H,9H2,1-4H3,(H,22,23)(H,24,25)/b15-11-. The van der Waals surface area contributed by atoms with Gasteiger partial charge in [0.05, 0.1) is 0 Å². The summed E-state index contributed by atoms with van der Waals surface area (Å²) < 4.78 is 0. The van der Waals surface area contributed by atoms with Crippen molar-refractivity contribution in [2.45, 2.75) is 46.1 Å². The van der Waals surface area contributed by atoms with E-state index in [1.807, 2.05) is 26.0 Å². The molecule has 0 spiro atoms. The predicted octanol–water partition coefficient (Wildman–Crippen LogP) is 3.24. The van der Waals surface area contributed by atoms with E-state index in [0.29, 0.717) is 18.0 Å². The average molecular weight is 343 g/mol. The molecule has 0 aliphatic heterocycles. The molecule has 25 heavy (non-hydrogen) atoms. The van der Waals surface area contributed by atoms with Gasteiger partial charge in [0.15, 0.2) is 0 Å². The van der Waals surface area contributed by atoms with Crippen molar-refractivity contribution in [1.29, 1.82) is 5.26 Å². The molecule has 0 saturated heterocycles. The summed E-state index contributed by atoms with van der Waals surface area (Å²) in [5.41, 5.74) is 1.55. The highest BCUT2D eigenvalue weighted by Crippen LogP contribution is 2.17. The molecule has 0 heterocycles. The van der Waals surface area contributed by atoms with Crippen LogP contribution in [0, 0.1) is 17.2 Å². The molecule has 3 N–H and O–H groups in total. The number of nitrogens with zero attached hydrogens (tertiary/aromatic N) is 1. The van der Waals surface area contributed by atoms with Gasteiger partial charge in [-0.3, -0.25) is 4.79 Å². The summed E-state index contributed by atoms with van der Waals surface area (Å²) in [5, 5.41) is 23.6. The number of hydrogen-bond donors (Lipinski definition) is 3. The number of carbonyl (C=O) groups excluding carboxylic acids is 1. The van der Waals surface area contributed by atoms with E-state index < -0.39 is 17.9 Å². The van der Waals surface area contributed by atoms with Gasteiger partial charge in [0.1, 0.15) is 17.7 Å². The molecule has 0 fully saturated rings. The third-order valence-corrected chi connectivity index (χ3v) is 3.63. The number of amides is 1. The van der Waals surface area contributed by atoms with E-state index in [1.54, 1.807) is 18.2 Å². The van der Waals surface area contributed by atoms with Gasteiger partial charge in [-0.05, 0) is 36.0 Å². The van der Waals surface area contributed by atoms with Gasteiger partial charge in [0.25, 0.3) is 5.91 Å². The Morgan fingerprint density at radius 2 is 1.80 bits per heavy atom. The molecule has 1 aromatic rings. The van der Waals surface area contributed by atoms with Crippen LogP contribution < -0.4 is 10.6 Å². The van der Waals surface area contributed by atoms with Gasteiger partial charge in [-0.25, -0.2) is 4.79 Å². The Bertz CT molecular complexity index is 670. The molecule has 6 nitrogen and oxygen atoms in total. The topological polar surface area (TPSA) is 102 Å². The Morgan fingerprint density at radius 1 is 1.20 bits per heavy atom.